The van der Waals surface area contributed by atoms with Crippen LogP contribution in [0.15, 0.2) is 84.9 Å². The fourth-order valence-electron chi connectivity index (χ4n) is 2.81. The van der Waals surface area contributed by atoms with Gasteiger partial charge >= 0.3 is 0 Å². The van der Waals surface area contributed by atoms with E-state index in [1.807, 2.05) is 24.3 Å². The molecule has 7 heteroatoms. The maximum atomic E-state index is 13.0. The largest absolute Gasteiger partial charge is 0.345 e. The Labute approximate surface area is 173 Å². The smallest absolute Gasteiger partial charge is 0.269 e. The number of rotatable bonds is 6. The van der Waals surface area contributed by atoms with Crippen LogP contribution in [-0.2, 0) is 4.79 Å². The molecular weight excluding hydrogens is 385 g/mol. The normalized spacial score (nSPS) is 11.2. The molecule has 3 N–H and O–H groups in total. The summed E-state index contributed by atoms with van der Waals surface area (Å²) in [5, 5.41) is 2.85. The molecule has 0 aliphatic heterocycles. The first kappa shape index (κ1) is 20.7. The SMILES string of the molecule is O=C(C[C@H](NC(=O)c1ccccc1)c1ccccc1)NNC(=O)c1ccc(F)cc1. The fraction of sp³-hybridized carbons (Fsp3) is 0.0870. The average molecular weight is 405 g/mol. The monoisotopic (exact) mass is 405 g/mol. The molecule has 3 aromatic carbocycles. The lowest BCUT2D eigenvalue weighted by Crippen LogP contribution is -2.43. The number of amides is 3. The number of hydrogen-bond acceptors (Lipinski definition) is 3. The first-order valence-corrected chi connectivity index (χ1v) is 9.28. The van der Waals surface area contributed by atoms with E-state index in [0.717, 1.165) is 17.7 Å². The molecule has 0 unspecified atom stereocenters. The summed E-state index contributed by atoms with van der Waals surface area (Å²) in [5.74, 6) is -1.84. The molecule has 0 saturated heterocycles. The van der Waals surface area contributed by atoms with Crippen LogP contribution in [0.5, 0.6) is 0 Å². The molecule has 0 heterocycles. The standard InChI is InChI=1S/C23H20FN3O3/c24-19-13-11-18(12-14-19)23(30)27-26-21(28)15-20(16-7-3-1-4-8-16)25-22(29)17-9-5-2-6-10-17/h1-14,20H,15H2,(H,25,29)(H,26,28)(H,27,30)/t20-/m0/s1. The molecule has 1 atom stereocenters. The number of hydrogen-bond donors (Lipinski definition) is 3. The quantitative estimate of drug-likeness (QED) is 0.551. The molecule has 0 spiro atoms. The predicted molar refractivity (Wildman–Crippen MR) is 110 cm³/mol. The van der Waals surface area contributed by atoms with Crippen molar-refractivity contribution in [2.75, 3.05) is 0 Å². The molecule has 0 saturated carbocycles. The molecule has 3 aromatic rings. The van der Waals surface area contributed by atoms with E-state index in [9.17, 15) is 18.8 Å². The van der Waals surface area contributed by atoms with E-state index < -0.39 is 23.7 Å². The van der Waals surface area contributed by atoms with Crippen molar-refractivity contribution in [1.82, 2.24) is 16.2 Å². The van der Waals surface area contributed by atoms with Gasteiger partial charge in [-0.3, -0.25) is 25.2 Å². The van der Waals surface area contributed by atoms with Crippen LogP contribution >= 0.6 is 0 Å². The van der Waals surface area contributed by atoms with Gasteiger partial charge in [0.2, 0.25) is 5.91 Å². The van der Waals surface area contributed by atoms with Crippen molar-refractivity contribution < 1.29 is 18.8 Å². The lowest BCUT2D eigenvalue weighted by molar-refractivity contribution is -0.122. The molecule has 0 aliphatic rings. The Hall–Kier alpha value is -4.00. The summed E-state index contributed by atoms with van der Waals surface area (Å²) in [6.07, 6.45) is -0.0910. The van der Waals surface area contributed by atoms with Crippen LogP contribution in [0.4, 0.5) is 4.39 Å². The molecule has 0 aromatic heterocycles. The molecule has 0 radical (unpaired) electrons. The number of hydrazine groups is 1. The van der Waals surface area contributed by atoms with Crippen molar-refractivity contribution >= 4 is 17.7 Å². The van der Waals surface area contributed by atoms with Gasteiger partial charge in [0.25, 0.3) is 11.8 Å². The second-order valence-corrected chi connectivity index (χ2v) is 6.52. The Balaban J connectivity index is 1.63. The number of carbonyl (C=O) groups excluding carboxylic acids is 3. The first-order chi connectivity index (χ1) is 14.5. The third-order valence-corrected chi connectivity index (χ3v) is 4.35. The zero-order valence-electron chi connectivity index (χ0n) is 16.0. The highest BCUT2D eigenvalue weighted by atomic mass is 19.1. The van der Waals surface area contributed by atoms with Crippen molar-refractivity contribution in [2.45, 2.75) is 12.5 Å². The van der Waals surface area contributed by atoms with Crippen molar-refractivity contribution in [3.05, 3.63) is 107 Å². The molecular formula is C23H20FN3O3. The molecule has 30 heavy (non-hydrogen) atoms. The lowest BCUT2D eigenvalue weighted by Gasteiger charge is -2.19. The minimum atomic E-state index is -0.596. The minimum absolute atomic E-state index is 0.0910. The maximum absolute atomic E-state index is 13.0. The Kier molecular flexibility index (Phi) is 6.89. The van der Waals surface area contributed by atoms with Gasteiger partial charge < -0.3 is 5.32 Å². The Morgan fingerprint density at radius 1 is 0.700 bits per heavy atom. The van der Waals surface area contributed by atoms with E-state index in [1.165, 1.54) is 12.1 Å². The average Bonchev–Trinajstić information content (AvgIpc) is 2.78. The maximum Gasteiger partial charge on any atom is 0.269 e. The molecule has 0 bridgehead atoms. The van der Waals surface area contributed by atoms with E-state index in [-0.39, 0.29) is 17.9 Å². The number of halogens is 1. The van der Waals surface area contributed by atoms with Crippen LogP contribution in [0.1, 0.15) is 38.7 Å². The highest BCUT2D eigenvalue weighted by molar-refractivity contribution is 5.96. The summed E-state index contributed by atoms with van der Waals surface area (Å²) in [7, 11) is 0. The summed E-state index contributed by atoms with van der Waals surface area (Å²) in [6.45, 7) is 0. The Morgan fingerprint density at radius 2 is 1.27 bits per heavy atom. The Morgan fingerprint density at radius 3 is 1.90 bits per heavy atom. The minimum Gasteiger partial charge on any atom is -0.345 e. The van der Waals surface area contributed by atoms with E-state index in [2.05, 4.69) is 16.2 Å². The van der Waals surface area contributed by atoms with Gasteiger partial charge in [-0.25, -0.2) is 4.39 Å². The van der Waals surface area contributed by atoms with E-state index in [4.69, 9.17) is 0 Å². The summed E-state index contributed by atoms with van der Waals surface area (Å²) in [4.78, 5) is 37.0. The molecule has 152 valence electrons. The first-order valence-electron chi connectivity index (χ1n) is 9.28. The van der Waals surface area contributed by atoms with Crippen molar-refractivity contribution in [2.24, 2.45) is 0 Å². The summed E-state index contributed by atoms with van der Waals surface area (Å²) < 4.78 is 13.0. The topological polar surface area (TPSA) is 87.3 Å². The van der Waals surface area contributed by atoms with E-state index >= 15 is 0 Å². The van der Waals surface area contributed by atoms with Crippen LogP contribution < -0.4 is 16.2 Å². The van der Waals surface area contributed by atoms with Crippen LogP contribution in [-0.4, -0.2) is 17.7 Å². The molecule has 3 rings (SSSR count). The molecule has 0 fully saturated rings. The van der Waals surface area contributed by atoms with Crippen molar-refractivity contribution in [3.63, 3.8) is 0 Å². The second kappa shape index (κ2) is 9.97. The van der Waals surface area contributed by atoms with Gasteiger partial charge in [-0.05, 0) is 42.0 Å². The third kappa shape index (κ3) is 5.75. The van der Waals surface area contributed by atoms with Gasteiger partial charge in [0.05, 0.1) is 12.5 Å². The van der Waals surface area contributed by atoms with Gasteiger partial charge in [0.1, 0.15) is 5.82 Å². The van der Waals surface area contributed by atoms with Gasteiger partial charge in [-0.1, -0.05) is 48.5 Å². The van der Waals surface area contributed by atoms with Crippen LogP contribution in [0.25, 0.3) is 0 Å². The number of nitrogens with one attached hydrogen (secondary N) is 3. The van der Waals surface area contributed by atoms with E-state index in [1.54, 1.807) is 36.4 Å². The summed E-state index contributed by atoms with van der Waals surface area (Å²) in [5.41, 5.74) is 6.04. The van der Waals surface area contributed by atoms with Crippen LogP contribution in [0.2, 0.25) is 0 Å². The van der Waals surface area contributed by atoms with E-state index in [0.29, 0.717) is 5.56 Å². The Bertz CT molecular complexity index is 1010. The molecule has 6 nitrogen and oxygen atoms in total. The second-order valence-electron chi connectivity index (χ2n) is 6.52. The van der Waals surface area contributed by atoms with Crippen molar-refractivity contribution in [3.8, 4) is 0 Å². The van der Waals surface area contributed by atoms with Crippen LogP contribution in [0.3, 0.4) is 0 Å². The highest BCUT2D eigenvalue weighted by Gasteiger charge is 2.19. The van der Waals surface area contributed by atoms with Gasteiger partial charge in [-0.15, -0.1) is 0 Å². The van der Waals surface area contributed by atoms with Crippen LogP contribution in [0, 0.1) is 5.82 Å². The summed E-state index contributed by atoms with van der Waals surface area (Å²) in [6, 6.07) is 22.1. The van der Waals surface area contributed by atoms with Gasteiger partial charge in [0, 0.05) is 11.1 Å². The number of benzene rings is 3. The number of carbonyl (C=O) groups is 3. The third-order valence-electron chi connectivity index (χ3n) is 4.35. The molecule has 0 aliphatic carbocycles. The predicted octanol–water partition coefficient (Wildman–Crippen LogP) is 3.15. The zero-order chi connectivity index (χ0) is 21.3. The van der Waals surface area contributed by atoms with Crippen molar-refractivity contribution in [1.29, 1.82) is 0 Å². The summed E-state index contributed by atoms with van der Waals surface area (Å²) >= 11 is 0. The zero-order valence-corrected chi connectivity index (χ0v) is 16.0. The highest BCUT2D eigenvalue weighted by Crippen LogP contribution is 2.17. The van der Waals surface area contributed by atoms with Gasteiger partial charge in [-0.2, -0.15) is 0 Å². The fourth-order valence-corrected chi connectivity index (χ4v) is 2.81. The lowest BCUT2D eigenvalue weighted by atomic mass is 10.0. The molecule has 3 amide bonds. The van der Waals surface area contributed by atoms with Gasteiger partial charge in [0.15, 0.2) is 0 Å².